The zero-order valence-electron chi connectivity index (χ0n) is 16.5. The number of β-amino-alcohol motifs (C(OH)–C–C–N with tert-alkyl or cyclic N) is 1. The molecular weight excluding hydrogens is 400 g/mol. The third-order valence-electron chi connectivity index (χ3n) is 5.30. The van der Waals surface area contributed by atoms with Crippen molar-refractivity contribution in [2.75, 3.05) is 18.0 Å². The molecule has 0 amide bonds. The molecule has 0 spiro atoms. The van der Waals surface area contributed by atoms with Crippen LogP contribution in [0.2, 0.25) is 0 Å². The van der Waals surface area contributed by atoms with Gasteiger partial charge in [-0.2, -0.15) is 13.2 Å². The number of aliphatic hydroxyl groups is 1. The van der Waals surface area contributed by atoms with Crippen LogP contribution in [0, 0.1) is 19.3 Å². The highest BCUT2D eigenvalue weighted by Gasteiger charge is 2.36. The number of fused-ring (bicyclic) bond motifs is 1. The van der Waals surface area contributed by atoms with Crippen LogP contribution in [0.3, 0.4) is 0 Å². The molecule has 0 unspecified atom stereocenters. The van der Waals surface area contributed by atoms with Gasteiger partial charge in [0.1, 0.15) is 11.4 Å². The SMILES string of the molecule is [C-]#[N+]c1ccc(CC(=O)[C@@](C)(O)CN2CCc3cc(C)c(F)cc32)cc1C(F)(F)F. The predicted molar refractivity (Wildman–Crippen MR) is 104 cm³/mol. The van der Waals surface area contributed by atoms with E-state index in [1.165, 1.54) is 19.1 Å². The number of Topliss-reactive ketones (excluding diaryl/α,β-unsaturated/α-hetero) is 1. The van der Waals surface area contributed by atoms with E-state index in [9.17, 15) is 27.5 Å². The predicted octanol–water partition coefficient (Wildman–Crippen LogP) is 4.63. The van der Waals surface area contributed by atoms with Gasteiger partial charge in [-0.25, -0.2) is 9.24 Å². The minimum absolute atomic E-state index is 0.0588. The lowest BCUT2D eigenvalue weighted by molar-refractivity contribution is -0.137. The Hall–Kier alpha value is -2.92. The summed E-state index contributed by atoms with van der Waals surface area (Å²) in [6, 6.07) is 6.18. The van der Waals surface area contributed by atoms with Crippen LogP contribution >= 0.6 is 0 Å². The Bertz CT molecular complexity index is 1040. The highest BCUT2D eigenvalue weighted by Crippen LogP contribution is 2.37. The smallest absolute Gasteiger partial charge is 0.380 e. The monoisotopic (exact) mass is 420 g/mol. The van der Waals surface area contributed by atoms with Crippen LogP contribution in [0.5, 0.6) is 0 Å². The molecule has 2 aromatic carbocycles. The topological polar surface area (TPSA) is 44.9 Å². The molecule has 158 valence electrons. The van der Waals surface area contributed by atoms with E-state index in [-0.39, 0.29) is 17.9 Å². The van der Waals surface area contributed by atoms with Crippen molar-refractivity contribution in [1.29, 1.82) is 0 Å². The fourth-order valence-electron chi connectivity index (χ4n) is 3.62. The Morgan fingerprint density at radius 1 is 1.27 bits per heavy atom. The summed E-state index contributed by atoms with van der Waals surface area (Å²) in [4.78, 5) is 17.3. The van der Waals surface area contributed by atoms with E-state index in [1.807, 2.05) is 0 Å². The van der Waals surface area contributed by atoms with Crippen molar-refractivity contribution >= 4 is 17.2 Å². The first-order valence-corrected chi connectivity index (χ1v) is 9.29. The fourth-order valence-corrected chi connectivity index (χ4v) is 3.62. The molecule has 0 saturated carbocycles. The summed E-state index contributed by atoms with van der Waals surface area (Å²) in [5.41, 5.74) is -1.41. The zero-order valence-corrected chi connectivity index (χ0v) is 16.5. The number of hydrogen-bond donors (Lipinski definition) is 1. The molecule has 0 aromatic heterocycles. The van der Waals surface area contributed by atoms with Gasteiger partial charge in [0.15, 0.2) is 11.5 Å². The van der Waals surface area contributed by atoms with Crippen molar-refractivity contribution in [3.63, 3.8) is 0 Å². The minimum atomic E-state index is -4.72. The average molecular weight is 420 g/mol. The van der Waals surface area contributed by atoms with Gasteiger partial charge in [0.2, 0.25) is 0 Å². The van der Waals surface area contributed by atoms with E-state index in [0.29, 0.717) is 24.2 Å². The van der Waals surface area contributed by atoms with Crippen LogP contribution in [0.1, 0.15) is 29.2 Å². The number of aryl methyl sites for hydroxylation is 1. The first-order chi connectivity index (χ1) is 13.9. The van der Waals surface area contributed by atoms with E-state index in [1.54, 1.807) is 17.9 Å². The van der Waals surface area contributed by atoms with Crippen LogP contribution in [-0.4, -0.2) is 29.6 Å². The minimum Gasteiger partial charge on any atom is -0.380 e. The third kappa shape index (κ3) is 4.31. The normalized spacial score (nSPS) is 15.5. The van der Waals surface area contributed by atoms with Gasteiger partial charge >= 0.3 is 6.18 Å². The summed E-state index contributed by atoms with van der Waals surface area (Å²) in [6.07, 6.45) is -4.49. The Balaban J connectivity index is 1.78. The van der Waals surface area contributed by atoms with Gasteiger partial charge in [-0.15, -0.1) is 0 Å². The van der Waals surface area contributed by atoms with Crippen LogP contribution in [0.4, 0.5) is 28.9 Å². The van der Waals surface area contributed by atoms with E-state index < -0.39 is 35.2 Å². The number of anilines is 1. The Labute approximate surface area is 171 Å². The number of ketones is 1. The summed E-state index contributed by atoms with van der Waals surface area (Å²) < 4.78 is 53.4. The molecule has 3 rings (SSSR count). The maximum atomic E-state index is 14.0. The van der Waals surface area contributed by atoms with Crippen molar-refractivity contribution in [1.82, 2.24) is 0 Å². The zero-order chi connectivity index (χ0) is 22.3. The summed E-state index contributed by atoms with van der Waals surface area (Å²) in [6.45, 7) is 10.2. The van der Waals surface area contributed by atoms with E-state index in [0.717, 1.165) is 17.7 Å². The molecular formula is C22H20F4N2O2. The van der Waals surface area contributed by atoms with Crippen LogP contribution in [0.25, 0.3) is 4.85 Å². The molecule has 0 saturated heterocycles. The van der Waals surface area contributed by atoms with Gasteiger partial charge in [-0.3, -0.25) is 4.79 Å². The largest absolute Gasteiger partial charge is 0.407 e. The van der Waals surface area contributed by atoms with Gasteiger partial charge in [0.05, 0.1) is 18.7 Å². The number of alkyl halides is 3. The number of carbonyl (C=O) groups is 1. The molecule has 1 aliphatic heterocycles. The van der Waals surface area contributed by atoms with E-state index in [4.69, 9.17) is 6.57 Å². The third-order valence-corrected chi connectivity index (χ3v) is 5.30. The van der Waals surface area contributed by atoms with Gasteiger partial charge < -0.3 is 10.0 Å². The molecule has 0 aliphatic carbocycles. The van der Waals surface area contributed by atoms with E-state index in [2.05, 4.69) is 4.85 Å². The second kappa shape index (κ2) is 7.73. The van der Waals surface area contributed by atoms with Crippen molar-refractivity contribution in [3.8, 4) is 0 Å². The standard InChI is InChI=1S/C22H20F4N2O2/c1-13-8-15-6-7-28(19(15)11-17(13)23)12-21(2,30)20(29)10-14-4-5-18(27-3)16(9-14)22(24,25)26/h4-5,8-9,11,30H,6-7,10,12H2,1-2H3/t21-/m0/s1. The van der Waals surface area contributed by atoms with Gasteiger partial charge in [-0.1, -0.05) is 24.3 Å². The molecule has 8 heteroatoms. The molecule has 2 aromatic rings. The number of halogens is 4. The van der Waals surface area contributed by atoms with Gasteiger partial charge in [-0.05, 0) is 43.0 Å². The second-order valence-corrected chi connectivity index (χ2v) is 7.74. The highest BCUT2D eigenvalue weighted by atomic mass is 19.4. The lowest BCUT2D eigenvalue weighted by atomic mass is 9.93. The van der Waals surface area contributed by atoms with Crippen molar-refractivity contribution in [2.45, 2.75) is 38.5 Å². The van der Waals surface area contributed by atoms with Crippen molar-refractivity contribution in [3.05, 3.63) is 69.8 Å². The molecule has 1 N–H and O–H groups in total. The molecule has 0 fully saturated rings. The molecule has 0 radical (unpaired) electrons. The molecule has 30 heavy (non-hydrogen) atoms. The number of nitrogens with zero attached hydrogens (tertiary/aromatic N) is 2. The number of carbonyl (C=O) groups excluding carboxylic acids is 1. The second-order valence-electron chi connectivity index (χ2n) is 7.74. The van der Waals surface area contributed by atoms with Gasteiger partial charge in [0, 0.05) is 18.7 Å². The molecule has 1 aliphatic rings. The van der Waals surface area contributed by atoms with Crippen molar-refractivity contribution < 1.29 is 27.5 Å². The first-order valence-electron chi connectivity index (χ1n) is 9.29. The number of rotatable bonds is 5. The molecule has 4 nitrogen and oxygen atoms in total. The lowest BCUT2D eigenvalue weighted by Crippen LogP contribution is -2.47. The quantitative estimate of drug-likeness (QED) is 0.567. The van der Waals surface area contributed by atoms with E-state index >= 15 is 0 Å². The molecule has 1 heterocycles. The Kier molecular flexibility index (Phi) is 5.61. The fraction of sp³-hybridized carbons (Fsp3) is 0.364. The average Bonchev–Trinajstić information content (AvgIpc) is 3.02. The van der Waals surface area contributed by atoms with Gasteiger partial charge in [0.25, 0.3) is 0 Å². The molecule has 0 bridgehead atoms. The summed E-state index contributed by atoms with van der Waals surface area (Å²) in [5.74, 6) is -1.04. The Morgan fingerprint density at radius 3 is 2.60 bits per heavy atom. The van der Waals surface area contributed by atoms with Crippen LogP contribution in [-0.2, 0) is 23.8 Å². The summed E-state index contributed by atoms with van der Waals surface area (Å²) in [7, 11) is 0. The summed E-state index contributed by atoms with van der Waals surface area (Å²) in [5, 5.41) is 10.7. The molecule has 1 atom stereocenters. The maximum Gasteiger partial charge on any atom is 0.407 e. The van der Waals surface area contributed by atoms with Crippen LogP contribution < -0.4 is 4.90 Å². The number of benzene rings is 2. The van der Waals surface area contributed by atoms with Crippen LogP contribution in [0.15, 0.2) is 30.3 Å². The first kappa shape index (κ1) is 21.8. The van der Waals surface area contributed by atoms with Crippen molar-refractivity contribution in [2.24, 2.45) is 0 Å². The highest BCUT2D eigenvalue weighted by molar-refractivity contribution is 5.89. The lowest BCUT2D eigenvalue weighted by Gasteiger charge is -2.30. The maximum absolute atomic E-state index is 14.0. The Morgan fingerprint density at radius 2 is 1.97 bits per heavy atom. The summed E-state index contributed by atoms with van der Waals surface area (Å²) >= 11 is 0. The number of hydrogen-bond acceptors (Lipinski definition) is 3.